The summed E-state index contributed by atoms with van der Waals surface area (Å²) in [4.78, 5) is 4.95. The average molecular weight is 290 g/mol. The van der Waals surface area contributed by atoms with Crippen molar-refractivity contribution in [3.05, 3.63) is 35.9 Å². The molecule has 1 fully saturated rings. The van der Waals surface area contributed by atoms with Crippen molar-refractivity contribution in [3.63, 3.8) is 0 Å². The normalized spacial score (nSPS) is 21.6. The van der Waals surface area contributed by atoms with E-state index in [0.29, 0.717) is 18.3 Å². The van der Waals surface area contributed by atoms with Crippen molar-refractivity contribution in [1.29, 1.82) is 0 Å². The fourth-order valence-corrected chi connectivity index (χ4v) is 2.89. The lowest BCUT2D eigenvalue weighted by molar-refractivity contribution is 0.0884. The second-order valence-electron chi connectivity index (χ2n) is 5.77. The van der Waals surface area contributed by atoms with Gasteiger partial charge in [0.2, 0.25) is 0 Å². The number of oxime groups is 1. The first-order valence-corrected chi connectivity index (χ1v) is 7.64. The van der Waals surface area contributed by atoms with Crippen LogP contribution in [0.1, 0.15) is 30.9 Å². The van der Waals surface area contributed by atoms with Gasteiger partial charge in [-0.1, -0.05) is 35.5 Å². The van der Waals surface area contributed by atoms with Crippen LogP contribution in [-0.4, -0.2) is 54.1 Å². The van der Waals surface area contributed by atoms with E-state index < -0.39 is 0 Å². The summed E-state index contributed by atoms with van der Waals surface area (Å²) < 4.78 is 0. The Morgan fingerprint density at radius 3 is 2.76 bits per heavy atom. The molecule has 0 amide bonds. The third-order valence-corrected chi connectivity index (χ3v) is 4.14. The number of nitrogens with two attached hydrogens (primary N) is 1. The zero-order chi connectivity index (χ0) is 15.1. The first-order valence-electron chi connectivity index (χ1n) is 7.64. The molecule has 3 N–H and O–H groups in total. The zero-order valence-electron chi connectivity index (χ0n) is 12.8. The van der Waals surface area contributed by atoms with Gasteiger partial charge in [-0.05, 0) is 32.0 Å². The first-order chi connectivity index (χ1) is 10.2. The van der Waals surface area contributed by atoms with Gasteiger partial charge in [0, 0.05) is 32.1 Å². The van der Waals surface area contributed by atoms with E-state index in [9.17, 15) is 0 Å². The quantitative estimate of drug-likeness (QED) is 0.276. The molecule has 0 radical (unpaired) electrons. The van der Waals surface area contributed by atoms with Gasteiger partial charge in [-0.3, -0.25) is 4.90 Å². The molecule has 0 spiro atoms. The van der Waals surface area contributed by atoms with Crippen molar-refractivity contribution < 1.29 is 5.21 Å². The van der Waals surface area contributed by atoms with E-state index in [1.807, 2.05) is 0 Å². The zero-order valence-corrected chi connectivity index (χ0v) is 12.8. The second kappa shape index (κ2) is 8.00. The molecular weight excluding hydrogens is 264 g/mol. The predicted octanol–water partition coefficient (Wildman–Crippen LogP) is 1.89. The SMILES string of the molecule is CN1CCN(CCCCC(N)=NO)C(c2ccccc2)C1. The highest BCUT2D eigenvalue weighted by atomic mass is 16.4. The molecule has 1 saturated heterocycles. The summed E-state index contributed by atoms with van der Waals surface area (Å²) in [5, 5.41) is 11.6. The summed E-state index contributed by atoms with van der Waals surface area (Å²) in [6.07, 6.45) is 2.70. The van der Waals surface area contributed by atoms with Crippen LogP contribution in [0.3, 0.4) is 0 Å². The van der Waals surface area contributed by atoms with E-state index in [4.69, 9.17) is 10.9 Å². The maximum Gasteiger partial charge on any atom is 0.139 e. The Labute approximate surface area is 127 Å². The van der Waals surface area contributed by atoms with Gasteiger partial charge in [0.1, 0.15) is 5.84 Å². The minimum Gasteiger partial charge on any atom is -0.409 e. The molecule has 5 nitrogen and oxygen atoms in total. The number of likely N-dealkylation sites (N-methyl/N-ethyl adjacent to an activating group) is 1. The molecule has 0 aromatic heterocycles. The van der Waals surface area contributed by atoms with Gasteiger partial charge in [0.05, 0.1) is 0 Å². The number of rotatable bonds is 6. The van der Waals surface area contributed by atoms with Crippen molar-refractivity contribution in [1.82, 2.24) is 9.80 Å². The predicted molar refractivity (Wildman–Crippen MR) is 85.5 cm³/mol. The Hall–Kier alpha value is -1.59. The van der Waals surface area contributed by atoms with E-state index >= 15 is 0 Å². The molecule has 0 saturated carbocycles. The number of hydrogen-bond donors (Lipinski definition) is 2. The summed E-state index contributed by atoms with van der Waals surface area (Å²) in [5.41, 5.74) is 6.90. The topological polar surface area (TPSA) is 65.1 Å². The number of amidine groups is 1. The molecule has 2 rings (SSSR count). The molecular formula is C16H26N4O. The van der Waals surface area contributed by atoms with Crippen LogP contribution in [0.4, 0.5) is 0 Å². The van der Waals surface area contributed by atoms with E-state index in [2.05, 4.69) is 52.3 Å². The van der Waals surface area contributed by atoms with Gasteiger partial charge < -0.3 is 15.8 Å². The highest BCUT2D eigenvalue weighted by Gasteiger charge is 2.25. The van der Waals surface area contributed by atoms with E-state index in [-0.39, 0.29) is 0 Å². The van der Waals surface area contributed by atoms with E-state index in [1.165, 1.54) is 5.56 Å². The van der Waals surface area contributed by atoms with E-state index in [1.54, 1.807) is 0 Å². The molecule has 1 aromatic carbocycles. The first kappa shape index (κ1) is 15.8. The van der Waals surface area contributed by atoms with Crippen LogP contribution in [0.5, 0.6) is 0 Å². The monoisotopic (exact) mass is 290 g/mol. The molecule has 1 aromatic rings. The van der Waals surface area contributed by atoms with Crippen LogP contribution < -0.4 is 5.73 Å². The van der Waals surface area contributed by atoms with Gasteiger partial charge in [-0.25, -0.2) is 0 Å². The van der Waals surface area contributed by atoms with Gasteiger partial charge in [0.25, 0.3) is 0 Å². The molecule has 1 aliphatic rings. The average Bonchev–Trinajstić information content (AvgIpc) is 2.53. The Morgan fingerprint density at radius 2 is 2.05 bits per heavy atom. The van der Waals surface area contributed by atoms with Crippen LogP contribution in [-0.2, 0) is 0 Å². The summed E-state index contributed by atoms with van der Waals surface area (Å²) in [6.45, 7) is 4.35. The maximum absolute atomic E-state index is 8.55. The Kier molecular flexibility index (Phi) is 6.02. The fraction of sp³-hybridized carbons (Fsp3) is 0.562. The van der Waals surface area contributed by atoms with Crippen LogP contribution in [0.25, 0.3) is 0 Å². The third-order valence-electron chi connectivity index (χ3n) is 4.14. The molecule has 116 valence electrons. The van der Waals surface area contributed by atoms with Gasteiger partial charge in [0.15, 0.2) is 0 Å². The van der Waals surface area contributed by atoms with Crippen LogP contribution in [0.15, 0.2) is 35.5 Å². The smallest absolute Gasteiger partial charge is 0.139 e. The minimum absolute atomic E-state index is 0.327. The van der Waals surface area contributed by atoms with E-state index in [0.717, 1.165) is 39.0 Å². The third kappa shape index (κ3) is 4.72. The molecule has 1 aliphatic heterocycles. The molecule has 1 heterocycles. The lowest BCUT2D eigenvalue weighted by Gasteiger charge is -2.40. The number of nitrogens with zero attached hydrogens (tertiary/aromatic N) is 3. The highest BCUT2D eigenvalue weighted by molar-refractivity contribution is 5.79. The van der Waals surface area contributed by atoms with Crippen LogP contribution in [0.2, 0.25) is 0 Å². The van der Waals surface area contributed by atoms with Crippen LogP contribution >= 0.6 is 0 Å². The lowest BCUT2D eigenvalue weighted by Crippen LogP contribution is -2.47. The van der Waals surface area contributed by atoms with Gasteiger partial charge in [-0.15, -0.1) is 0 Å². The van der Waals surface area contributed by atoms with Gasteiger partial charge >= 0.3 is 0 Å². The molecule has 21 heavy (non-hydrogen) atoms. The standard InChI is InChI=1S/C16H26N4O/c1-19-11-12-20(10-6-5-9-16(17)18-21)15(13-19)14-7-3-2-4-8-14/h2-4,7-8,15,21H,5-6,9-13H2,1H3,(H2,17,18). The van der Waals surface area contributed by atoms with Crippen molar-refractivity contribution in [2.45, 2.75) is 25.3 Å². The second-order valence-corrected chi connectivity index (χ2v) is 5.77. The number of unbranched alkanes of at least 4 members (excludes halogenated alkanes) is 1. The lowest BCUT2D eigenvalue weighted by atomic mass is 10.0. The maximum atomic E-state index is 8.55. The molecule has 5 heteroatoms. The summed E-state index contributed by atoms with van der Waals surface area (Å²) >= 11 is 0. The molecule has 0 bridgehead atoms. The molecule has 0 aliphatic carbocycles. The fourth-order valence-electron chi connectivity index (χ4n) is 2.89. The highest BCUT2D eigenvalue weighted by Crippen LogP contribution is 2.25. The van der Waals surface area contributed by atoms with Crippen molar-refractivity contribution >= 4 is 5.84 Å². The van der Waals surface area contributed by atoms with Crippen molar-refractivity contribution in [2.75, 3.05) is 33.2 Å². The molecule has 1 atom stereocenters. The number of benzene rings is 1. The number of piperazine rings is 1. The Bertz CT molecular complexity index is 449. The largest absolute Gasteiger partial charge is 0.409 e. The minimum atomic E-state index is 0.327. The summed E-state index contributed by atoms with van der Waals surface area (Å²) in [7, 11) is 2.19. The Morgan fingerprint density at radius 1 is 1.29 bits per heavy atom. The van der Waals surface area contributed by atoms with Gasteiger partial charge in [-0.2, -0.15) is 0 Å². The summed E-state index contributed by atoms with van der Waals surface area (Å²) in [5.74, 6) is 0.327. The van der Waals surface area contributed by atoms with Crippen molar-refractivity contribution in [2.24, 2.45) is 10.9 Å². The molecule has 1 unspecified atom stereocenters. The van der Waals surface area contributed by atoms with Crippen LogP contribution in [0, 0.1) is 0 Å². The Balaban J connectivity index is 1.90. The van der Waals surface area contributed by atoms with Crippen molar-refractivity contribution in [3.8, 4) is 0 Å². The summed E-state index contributed by atoms with van der Waals surface area (Å²) in [6, 6.07) is 11.2. The number of hydrogen-bond acceptors (Lipinski definition) is 4.